The molecule has 0 aliphatic rings. The van der Waals surface area contributed by atoms with E-state index in [0.29, 0.717) is 5.75 Å². The highest BCUT2D eigenvalue weighted by Crippen LogP contribution is 2.18. The van der Waals surface area contributed by atoms with E-state index in [1.54, 1.807) is 6.07 Å². The fraction of sp³-hybridized carbons (Fsp3) is 0.429. The van der Waals surface area contributed by atoms with Crippen molar-refractivity contribution in [3.63, 3.8) is 0 Å². The van der Waals surface area contributed by atoms with Gasteiger partial charge in [-0.25, -0.2) is 4.79 Å². The molecule has 5 heteroatoms. The summed E-state index contributed by atoms with van der Waals surface area (Å²) in [6.45, 7) is 3.30. The van der Waals surface area contributed by atoms with Crippen molar-refractivity contribution in [2.24, 2.45) is 0 Å². The maximum absolute atomic E-state index is 11.8. The van der Waals surface area contributed by atoms with Gasteiger partial charge in [-0.15, -0.1) is 0 Å². The molecule has 0 fully saturated rings. The van der Waals surface area contributed by atoms with Crippen molar-refractivity contribution < 1.29 is 19.4 Å². The van der Waals surface area contributed by atoms with Crippen LogP contribution < -0.4 is 4.74 Å². The summed E-state index contributed by atoms with van der Waals surface area (Å²) in [5, 5.41) is 8.83. The summed E-state index contributed by atoms with van der Waals surface area (Å²) in [5.41, 5.74) is 1.02. The first kappa shape index (κ1) is 15.0. The van der Waals surface area contributed by atoms with Crippen LogP contribution in [-0.2, 0) is 16.0 Å². The zero-order chi connectivity index (χ0) is 14.4. The largest absolute Gasteiger partial charge is 0.483 e. The molecule has 0 saturated carbocycles. The Bertz CT molecular complexity index is 459. The number of para-hydroxylation sites is 1. The molecule has 1 aromatic rings. The lowest BCUT2D eigenvalue weighted by molar-refractivity contribution is -0.148. The minimum Gasteiger partial charge on any atom is -0.483 e. The average molecular weight is 265 g/mol. The van der Waals surface area contributed by atoms with Crippen LogP contribution in [0.1, 0.15) is 19.4 Å². The molecule has 0 bridgehead atoms. The highest BCUT2D eigenvalue weighted by molar-refractivity contribution is 5.84. The number of hydrogen-bond acceptors (Lipinski definition) is 3. The molecule has 0 heterocycles. The highest BCUT2D eigenvalue weighted by atomic mass is 16.5. The molecule has 1 amide bonds. The number of nitrogens with zero attached hydrogens (tertiary/aromatic N) is 1. The molecule has 0 radical (unpaired) electrons. The van der Waals surface area contributed by atoms with E-state index in [1.807, 2.05) is 25.1 Å². The van der Waals surface area contributed by atoms with Gasteiger partial charge < -0.3 is 14.7 Å². The maximum Gasteiger partial charge on any atom is 0.326 e. The van der Waals surface area contributed by atoms with Crippen LogP contribution in [0.15, 0.2) is 24.3 Å². The second-order valence-corrected chi connectivity index (χ2v) is 4.27. The van der Waals surface area contributed by atoms with E-state index >= 15 is 0 Å². The van der Waals surface area contributed by atoms with Crippen molar-refractivity contribution in [1.82, 2.24) is 4.90 Å². The van der Waals surface area contributed by atoms with Gasteiger partial charge in [-0.3, -0.25) is 4.79 Å². The number of benzene rings is 1. The molecule has 1 atom stereocenters. The summed E-state index contributed by atoms with van der Waals surface area (Å²) < 4.78 is 5.46. The van der Waals surface area contributed by atoms with Gasteiger partial charge in [0.1, 0.15) is 11.8 Å². The first-order valence-electron chi connectivity index (χ1n) is 6.16. The Kier molecular flexibility index (Phi) is 5.36. The number of carbonyl (C=O) groups excluding carboxylic acids is 1. The zero-order valence-electron chi connectivity index (χ0n) is 11.4. The van der Waals surface area contributed by atoms with E-state index in [2.05, 4.69) is 0 Å². The van der Waals surface area contributed by atoms with Crippen molar-refractivity contribution in [2.75, 3.05) is 13.7 Å². The first-order chi connectivity index (χ1) is 8.97. The summed E-state index contributed by atoms with van der Waals surface area (Å²) in [7, 11) is 1.45. The number of aliphatic carboxylic acids is 1. The van der Waals surface area contributed by atoms with Crippen molar-refractivity contribution in [3.05, 3.63) is 29.8 Å². The fourth-order valence-electron chi connectivity index (χ4n) is 1.56. The lowest BCUT2D eigenvalue weighted by Crippen LogP contribution is -2.42. The third kappa shape index (κ3) is 3.98. The Hall–Kier alpha value is -2.04. The Balaban J connectivity index is 2.61. The van der Waals surface area contributed by atoms with Crippen LogP contribution in [0, 0.1) is 0 Å². The quantitative estimate of drug-likeness (QED) is 0.847. The van der Waals surface area contributed by atoms with Gasteiger partial charge in [0.15, 0.2) is 6.61 Å². The molecule has 104 valence electrons. The van der Waals surface area contributed by atoms with E-state index in [4.69, 9.17) is 9.84 Å². The smallest absolute Gasteiger partial charge is 0.326 e. The minimum atomic E-state index is -1.04. The standard InChI is InChI=1S/C14H19NO4/c1-4-11-7-5-6-8-12(11)19-9-13(16)15(3)10(2)14(17)18/h5-8,10H,4,9H2,1-3H3,(H,17,18). The van der Waals surface area contributed by atoms with Gasteiger partial charge in [0.05, 0.1) is 0 Å². The predicted octanol–water partition coefficient (Wildman–Crippen LogP) is 1.56. The third-order valence-electron chi connectivity index (χ3n) is 3.04. The van der Waals surface area contributed by atoms with Crippen LogP contribution >= 0.6 is 0 Å². The van der Waals surface area contributed by atoms with Gasteiger partial charge in [0.25, 0.3) is 5.91 Å². The van der Waals surface area contributed by atoms with E-state index in [-0.39, 0.29) is 12.5 Å². The van der Waals surface area contributed by atoms with Gasteiger partial charge in [-0.2, -0.15) is 0 Å². The van der Waals surface area contributed by atoms with Crippen LogP contribution in [0.5, 0.6) is 5.75 Å². The van der Waals surface area contributed by atoms with Crippen molar-refractivity contribution in [1.29, 1.82) is 0 Å². The first-order valence-corrected chi connectivity index (χ1v) is 6.16. The Labute approximate surface area is 112 Å². The lowest BCUT2D eigenvalue weighted by Gasteiger charge is -2.21. The lowest BCUT2D eigenvalue weighted by atomic mass is 10.1. The number of amides is 1. The van der Waals surface area contributed by atoms with Crippen LogP contribution in [0.25, 0.3) is 0 Å². The molecule has 0 saturated heterocycles. The van der Waals surface area contributed by atoms with Gasteiger partial charge >= 0.3 is 5.97 Å². The molecule has 5 nitrogen and oxygen atoms in total. The summed E-state index contributed by atoms with van der Waals surface area (Å²) in [6.07, 6.45) is 0.811. The number of rotatable bonds is 6. The second kappa shape index (κ2) is 6.78. The van der Waals surface area contributed by atoms with E-state index < -0.39 is 12.0 Å². The van der Waals surface area contributed by atoms with Crippen molar-refractivity contribution in [3.8, 4) is 5.75 Å². The molecule has 1 unspecified atom stereocenters. The molecular formula is C14H19NO4. The molecule has 19 heavy (non-hydrogen) atoms. The normalized spacial score (nSPS) is 11.7. The fourth-order valence-corrected chi connectivity index (χ4v) is 1.56. The molecule has 0 aromatic heterocycles. The number of ether oxygens (including phenoxy) is 1. The van der Waals surface area contributed by atoms with E-state index in [9.17, 15) is 9.59 Å². The minimum absolute atomic E-state index is 0.162. The van der Waals surface area contributed by atoms with Gasteiger partial charge in [-0.1, -0.05) is 25.1 Å². The molecule has 0 aliphatic carbocycles. The monoisotopic (exact) mass is 265 g/mol. The highest BCUT2D eigenvalue weighted by Gasteiger charge is 2.21. The summed E-state index contributed by atoms with van der Waals surface area (Å²) in [4.78, 5) is 23.7. The number of carboxylic acid groups (broad SMARTS) is 1. The summed E-state index contributed by atoms with van der Waals surface area (Å²) in [5.74, 6) is -0.736. The number of carboxylic acids is 1. The van der Waals surface area contributed by atoms with Crippen molar-refractivity contribution >= 4 is 11.9 Å². The van der Waals surface area contributed by atoms with Gasteiger partial charge in [-0.05, 0) is 25.0 Å². The average Bonchev–Trinajstić information content (AvgIpc) is 2.43. The number of hydrogen-bond donors (Lipinski definition) is 1. The predicted molar refractivity (Wildman–Crippen MR) is 71.2 cm³/mol. The Morgan fingerprint density at radius 3 is 2.58 bits per heavy atom. The molecule has 1 rings (SSSR count). The van der Waals surface area contributed by atoms with Crippen LogP contribution in [-0.4, -0.2) is 41.6 Å². The Morgan fingerprint density at radius 2 is 2.00 bits per heavy atom. The van der Waals surface area contributed by atoms with Crippen LogP contribution in [0.2, 0.25) is 0 Å². The van der Waals surface area contributed by atoms with Crippen LogP contribution in [0.4, 0.5) is 0 Å². The summed E-state index contributed by atoms with van der Waals surface area (Å²) in [6, 6.07) is 6.61. The summed E-state index contributed by atoms with van der Waals surface area (Å²) >= 11 is 0. The van der Waals surface area contributed by atoms with Gasteiger partial charge in [0.2, 0.25) is 0 Å². The number of carbonyl (C=O) groups is 2. The molecule has 1 aromatic carbocycles. The van der Waals surface area contributed by atoms with Crippen LogP contribution in [0.3, 0.4) is 0 Å². The molecule has 0 aliphatic heterocycles. The van der Waals surface area contributed by atoms with E-state index in [0.717, 1.165) is 16.9 Å². The topological polar surface area (TPSA) is 66.8 Å². The SMILES string of the molecule is CCc1ccccc1OCC(=O)N(C)C(C)C(=O)O. The third-order valence-corrected chi connectivity index (χ3v) is 3.04. The second-order valence-electron chi connectivity index (χ2n) is 4.27. The Morgan fingerprint density at radius 1 is 1.37 bits per heavy atom. The number of aryl methyl sites for hydroxylation is 1. The zero-order valence-corrected chi connectivity index (χ0v) is 11.4. The van der Waals surface area contributed by atoms with Gasteiger partial charge in [0, 0.05) is 7.05 Å². The molecule has 1 N–H and O–H groups in total. The van der Waals surface area contributed by atoms with E-state index in [1.165, 1.54) is 14.0 Å². The number of likely N-dealkylation sites (N-methyl/N-ethyl adjacent to an activating group) is 1. The maximum atomic E-state index is 11.8. The molecule has 0 spiro atoms. The molecular weight excluding hydrogens is 246 g/mol. The van der Waals surface area contributed by atoms with Crippen molar-refractivity contribution in [2.45, 2.75) is 26.3 Å².